The number of methoxy groups -OCH3 is 2. The van der Waals surface area contributed by atoms with Crippen LogP contribution in [0.25, 0.3) is 11.1 Å². The van der Waals surface area contributed by atoms with E-state index in [0.717, 1.165) is 33.7 Å². The molecule has 2 atom stereocenters. The van der Waals surface area contributed by atoms with Crippen molar-refractivity contribution >= 4 is 63.5 Å². The summed E-state index contributed by atoms with van der Waals surface area (Å²) < 4.78 is 17.7. The highest BCUT2D eigenvalue weighted by Crippen LogP contribution is 2.54. The van der Waals surface area contributed by atoms with Crippen LogP contribution in [0.2, 0.25) is 20.1 Å². The number of halogens is 4. The molecule has 3 aliphatic rings. The normalized spacial score (nSPS) is 23.7. The molecule has 282 valence electrons. The first-order valence-corrected chi connectivity index (χ1v) is 18.8. The largest absolute Gasteiger partial charge is 0.497 e. The highest BCUT2D eigenvalue weighted by Gasteiger charge is 2.50. The van der Waals surface area contributed by atoms with Crippen LogP contribution >= 0.6 is 46.4 Å². The van der Waals surface area contributed by atoms with E-state index in [2.05, 4.69) is 45.6 Å². The number of esters is 1. The minimum absolute atomic E-state index is 0.00790. The molecule has 12 heteroatoms. The van der Waals surface area contributed by atoms with Crippen LogP contribution < -0.4 is 30.7 Å². The molecule has 1 aliphatic heterocycles. The number of hydrogen-bond donors (Lipinski definition) is 4. The fourth-order valence-corrected chi connectivity index (χ4v) is 8.37. The summed E-state index contributed by atoms with van der Waals surface area (Å²) in [6.45, 7) is 0. The van der Waals surface area contributed by atoms with Crippen molar-refractivity contribution in [3.63, 3.8) is 0 Å². The van der Waals surface area contributed by atoms with Crippen LogP contribution in [-0.2, 0) is 10.3 Å². The molecule has 0 saturated heterocycles. The number of hydrogen-bond acceptors (Lipinski definition) is 8. The van der Waals surface area contributed by atoms with E-state index in [4.69, 9.17) is 60.6 Å². The molecule has 1 heterocycles. The molecule has 4 N–H and O–H groups in total. The minimum Gasteiger partial charge on any atom is -0.497 e. The van der Waals surface area contributed by atoms with E-state index < -0.39 is 22.6 Å². The van der Waals surface area contributed by atoms with Crippen molar-refractivity contribution in [1.82, 2.24) is 21.3 Å². The topological polar surface area (TPSA) is 92.9 Å². The first-order chi connectivity index (χ1) is 25.9. The Kier molecular flexibility index (Phi) is 11.6. The van der Waals surface area contributed by atoms with E-state index in [1.807, 2.05) is 101 Å². The van der Waals surface area contributed by atoms with E-state index in [1.54, 1.807) is 14.2 Å². The Balaban J connectivity index is 1.77. The molecule has 2 aliphatic carbocycles. The van der Waals surface area contributed by atoms with Crippen LogP contribution in [-0.4, -0.2) is 59.5 Å². The van der Waals surface area contributed by atoms with Crippen molar-refractivity contribution in [2.24, 2.45) is 0 Å². The number of rotatable bonds is 12. The van der Waals surface area contributed by atoms with Gasteiger partial charge in [0.25, 0.3) is 0 Å². The minimum atomic E-state index is -1.68. The van der Waals surface area contributed by atoms with Gasteiger partial charge in [0.15, 0.2) is 5.60 Å². The molecular weight excluding hydrogens is 766 g/mol. The van der Waals surface area contributed by atoms with Crippen LogP contribution in [0.4, 0.5) is 0 Å². The van der Waals surface area contributed by atoms with Crippen molar-refractivity contribution in [2.75, 3.05) is 42.4 Å². The number of benzene rings is 3. The predicted octanol–water partition coefficient (Wildman–Crippen LogP) is 8.89. The number of carbonyl (C=O) groups excluding carboxylic acids is 1. The standard InChI is InChI=1S/C42H42Cl4N4O4/c1-47-27-15-19-40(49-3,20-16-27)31(25-7-11-29(52-5)12-8-25)23-42(34-33(39(51)54-42)35(43)37(45)38(46)36(34)44)24-32(26-9-13-30(53-6)14-10-26)41(50-4)21-17-28(48-2)18-22-41/h7-19,21,23-24,47-50H,20,22H2,1-6H3. The van der Waals surface area contributed by atoms with Crippen LogP contribution in [0.15, 0.2) is 109 Å². The number of carbonyl (C=O) groups is 1. The first kappa shape index (κ1) is 39.5. The zero-order valence-electron chi connectivity index (χ0n) is 30.8. The maximum atomic E-state index is 14.3. The summed E-state index contributed by atoms with van der Waals surface area (Å²) in [6.07, 6.45) is 17.5. The maximum Gasteiger partial charge on any atom is 0.341 e. The molecule has 0 bridgehead atoms. The molecule has 3 aromatic carbocycles. The van der Waals surface area contributed by atoms with Gasteiger partial charge in [-0.1, -0.05) is 95.0 Å². The Bertz CT molecular complexity index is 2030. The predicted molar refractivity (Wildman–Crippen MR) is 221 cm³/mol. The molecule has 8 nitrogen and oxygen atoms in total. The third-order valence-corrected chi connectivity index (χ3v) is 12.3. The van der Waals surface area contributed by atoms with Gasteiger partial charge < -0.3 is 35.5 Å². The van der Waals surface area contributed by atoms with Gasteiger partial charge >= 0.3 is 5.97 Å². The molecule has 54 heavy (non-hydrogen) atoms. The second kappa shape index (κ2) is 15.9. The fraction of sp³-hybridized carbons (Fsp3) is 0.262. The Morgan fingerprint density at radius 2 is 1.09 bits per heavy atom. The van der Waals surface area contributed by atoms with E-state index in [0.29, 0.717) is 24.3 Å². The molecule has 3 aromatic rings. The summed E-state index contributed by atoms with van der Waals surface area (Å²) in [6, 6.07) is 15.5. The van der Waals surface area contributed by atoms with Crippen molar-refractivity contribution in [2.45, 2.75) is 29.5 Å². The van der Waals surface area contributed by atoms with E-state index in [9.17, 15) is 4.79 Å². The first-order valence-electron chi connectivity index (χ1n) is 17.3. The zero-order valence-corrected chi connectivity index (χ0v) is 33.8. The van der Waals surface area contributed by atoms with Gasteiger partial charge in [0.2, 0.25) is 0 Å². The quantitative estimate of drug-likeness (QED) is 0.0820. The van der Waals surface area contributed by atoms with Gasteiger partial charge in [-0.25, -0.2) is 4.79 Å². The summed E-state index contributed by atoms with van der Waals surface area (Å²) in [5.74, 6) is 0.677. The number of ether oxygens (including phenoxy) is 3. The lowest BCUT2D eigenvalue weighted by atomic mass is 9.73. The lowest BCUT2D eigenvalue weighted by Gasteiger charge is -2.39. The summed E-state index contributed by atoms with van der Waals surface area (Å²) in [7, 11) is 10.8. The van der Waals surface area contributed by atoms with Gasteiger partial charge in [0.05, 0.1) is 51.0 Å². The highest BCUT2D eigenvalue weighted by molar-refractivity contribution is 6.53. The Hall–Kier alpha value is -4.15. The lowest BCUT2D eigenvalue weighted by molar-refractivity contribution is 0.0297. The van der Waals surface area contributed by atoms with Crippen LogP contribution in [0.1, 0.15) is 39.9 Å². The Morgan fingerprint density at radius 1 is 0.667 bits per heavy atom. The van der Waals surface area contributed by atoms with Gasteiger partial charge in [-0.05, 0) is 97.8 Å². The van der Waals surface area contributed by atoms with Crippen molar-refractivity contribution in [3.8, 4) is 11.5 Å². The SMILES string of the molecule is CNC1=CCC(NC)(C(=CC2(C=C(c3ccc(OC)cc3)C3(NC)C=CC(NC)=CC3)OC(=O)c3c(Cl)c(Cl)c(Cl)c(Cl)c32)c2ccc(OC)cc2)C=C1. The lowest BCUT2D eigenvalue weighted by Crippen LogP contribution is -2.45. The van der Waals surface area contributed by atoms with E-state index in [1.165, 1.54) is 0 Å². The van der Waals surface area contributed by atoms with Crippen LogP contribution in [0, 0.1) is 0 Å². The maximum absolute atomic E-state index is 14.3. The van der Waals surface area contributed by atoms with Gasteiger partial charge in [0.1, 0.15) is 11.5 Å². The van der Waals surface area contributed by atoms with Crippen LogP contribution in [0.3, 0.4) is 0 Å². The second-order valence-electron chi connectivity index (χ2n) is 13.1. The molecular formula is C42H42Cl4N4O4. The van der Waals surface area contributed by atoms with Gasteiger partial charge in [0, 0.05) is 31.1 Å². The number of fused-ring (bicyclic) bond motifs is 1. The summed E-state index contributed by atoms with van der Waals surface area (Å²) in [5, 5.41) is 13.6. The van der Waals surface area contributed by atoms with Crippen molar-refractivity contribution < 1.29 is 19.0 Å². The van der Waals surface area contributed by atoms with Gasteiger partial charge in [-0.2, -0.15) is 0 Å². The summed E-state index contributed by atoms with van der Waals surface area (Å²) in [4.78, 5) is 14.3. The highest BCUT2D eigenvalue weighted by atomic mass is 35.5. The summed E-state index contributed by atoms with van der Waals surface area (Å²) in [5.41, 5.74) is 2.25. The molecule has 2 unspecified atom stereocenters. The van der Waals surface area contributed by atoms with E-state index >= 15 is 0 Å². The molecule has 6 rings (SSSR count). The van der Waals surface area contributed by atoms with Crippen molar-refractivity contribution in [1.29, 1.82) is 0 Å². The molecule has 0 radical (unpaired) electrons. The van der Waals surface area contributed by atoms with Crippen molar-refractivity contribution in [3.05, 3.63) is 151 Å². The molecule has 0 fully saturated rings. The monoisotopic (exact) mass is 806 g/mol. The van der Waals surface area contributed by atoms with Gasteiger partial charge in [-0.3, -0.25) is 0 Å². The fourth-order valence-electron chi connectivity index (χ4n) is 7.29. The number of nitrogens with one attached hydrogen (secondary N) is 4. The molecule has 0 amide bonds. The zero-order chi connectivity index (χ0) is 38.8. The average molecular weight is 809 g/mol. The Morgan fingerprint density at radius 3 is 1.44 bits per heavy atom. The average Bonchev–Trinajstić information content (AvgIpc) is 3.51. The number of cyclic esters (lactones) is 1. The smallest absolute Gasteiger partial charge is 0.341 e. The molecule has 0 aromatic heterocycles. The molecule has 0 spiro atoms. The van der Waals surface area contributed by atoms with Gasteiger partial charge in [-0.15, -0.1) is 0 Å². The third-order valence-electron chi connectivity index (χ3n) is 10.5. The number of likely N-dealkylation sites (N-methyl/N-ethyl adjacent to an activating group) is 4. The third kappa shape index (κ3) is 6.96. The molecule has 0 saturated carbocycles. The second-order valence-corrected chi connectivity index (χ2v) is 14.6. The van der Waals surface area contributed by atoms with E-state index in [-0.39, 0.29) is 31.2 Å². The summed E-state index contributed by atoms with van der Waals surface area (Å²) >= 11 is 27.5. The van der Waals surface area contributed by atoms with Crippen LogP contribution in [0.5, 0.6) is 11.5 Å². The number of allylic oxidation sites excluding steroid dienone is 2. The Labute approximate surface area is 336 Å².